The molecule has 0 radical (unpaired) electrons. The molecule has 0 saturated carbocycles. The summed E-state index contributed by atoms with van der Waals surface area (Å²) in [7, 11) is 1.79. The molecule has 9 heteroatoms. The molecule has 2 heterocycles. The highest BCUT2D eigenvalue weighted by atomic mass is 35.5. The number of amides is 1. The fourth-order valence-corrected chi connectivity index (χ4v) is 3.64. The van der Waals surface area contributed by atoms with Gasteiger partial charge in [0.2, 0.25) is 0 Å². The van der Waals surface area contributed by atoms with Crippen molar-refractivity contribution in [2.75, 3.05) is 7.05 Å². The van der Waals surface area contributed by atoms with Crippen LogP contribution >= 0.6 is 47.5 Å². The van der Waals surface area contributed by atoms with Crippen molar-refractivity contribution in [3.05, 3.63) is 31.7 Å². The molecule has 5 nitrogen and oxygen atoms in total. The van der Waals surface area contributed by atoms with Gasteiger partial charge in [0.05, 0.1) is 16.7 Å². The molecule has 0 saturated heterocycles. The van der Waals surface area contributed by atoms with E-state index in [1.54, 1.807) is 28.7 Å². The SMILES string of the molecule is Cc1nc(C)c(C(C)N(C)C(=O)c2csc(CN)n2)s1.Cl.Cl. The Kier molecular flexibility index (Phi) is 8.49. The van der Waals surface area contributed by atoms with Crippen molar-refractivity contribution in [2.45, 2.75) is 33.4 Å². The Hall–Kier alpha value is -0.730. The van der Waals surface area contributed by atoms with E-state index < -0.39 is 0 Å². The van der Waals surface area contributed by atoms with Crippen LogP contribution in [-0.4, -0.2) is 27.8 Å². The minimum absolute atomic E-state index is 0. The summed E-state index contributed by atoms with van der Waals surface area (Å²) >= 11 is 3.05. The molecule has 2 rings (SSSR count). The van der Waals surface area contributed by atoms with E-state index in [1.165, 1.54) is 11.3 Å². The second kappa shape index (κ2) is 8.79. The summed E-state index contributed by atoms with van der Waals surface area (Å²) in [6.07, 6.45) is 0. The Balaban J connectivity index is 0.00000220. The normalized spacial score (nSPS) is 11.3. The Morgan fingerprint density at radius 2 is 2.00 bits per heavy atom. The Morgan fingerprint density at radius 3 is 2.45 bits per heavy atom. The van der Waals surface area contributed by atoms with Crippen molar-refractivity contribution in [3.8, 4) is 0 Å². The number of rotatable bonds is 4. The molecule has 0 aliphatic carbocycles. The maximum atomic E-state index is 12.4. The van der Waals surface area contributed by atoms with Gasteiger partial charge in [0.15, 0.2) is 0 Å². The smallest absolute Gasteiger partial charge is 0.273 e. The number of carbonyl (C=O) groups is 1. The second-order valence-corrected chi connectivity index (χ2v) is 6.78. The van der Waals surface area contributed by atoms with Gasteiger partial charge in [0.1, 0.15) is 10.7 Å². The summed E-state index contributed by atoms with van der Waals surface area (Å²) in [5.41, 5.74) is 6.98. The zero-order chi connectivity index (χ0) is 14.9. The molecular formula is C13H20Cl2N4OS2. The van der Waals surface area contributed by atoms with Crippen molar-refractivity contribution in [1.29, 1.82) is 0 Å². The summed E-state index contributed by atoms with van der Waals surface area (Å²) in [6.45, 7) is 6.32. The lowest BCUT2D eigenvalue weighted by atomic mass is 10.2. The van der Waals surface area contributed by atoms with Gasteiger partial charge in [-0.2, -0.15) is 0 Å². The van der Waals surface area contributed by atoms with E-state index in [9.17, 15) is 4.79 Å². The number of halogens is 2. The van der Waals surface area contributed by atoms with E-state index in [2.05, 4.69) is 9.97 Å². The average Bonchev–Trinajstić information content (AvgIpc) is 3.02. The van der Waals surface area contributed by atoms with Gasteiger partial charge in [-0.05, 0) is 20.8 Å². The van der Waals surface area contributed by atoms with Gasteiger partial charge >= 0.3 is 0 Å². The van der Waals surface area contributed by atoms with Gasteiger partial charge in [0, 0.05) is 23.8 Å². The maximum Gasteiger partial charge on any atom is 0.273 e. The topological polar surface area (TPSA) is 72.1 Å². The summed E-state index contributed by atoms with van der Waals surface area (Å²) < 4.78 is 0. The highest BCUT2D eigenvalue weighted by Crippen LogP contribution is 2.29. The Morgan fingerprint density at radius 1 is 1.36 bits per heavy atom. The largest absolute Gasteiger partial charge is 0.333 e. The molecule has 124 valence electrons. The first-order chi connectivity index (χ1) is 9.43. The number of hydrogen-bond acceptors (Lipinski definition) is 6. The quantitative estimate of drug-likeness (QED) is 0.879. The number of nitrogens with zero attached hydrogens (tertiary/aromatic N) is 3. The number of aryl methyl sites for hydroxylation is 2. The summed E-state index contributed by atoms with van der Waals surface area (Å²) in [4.78, 5) is 23.9. The second-order valence-electron chi connectivity index (χ2n) is 4.61. The van der Waals surface area contributed by atoms with Crippen LogP contribution in [0.25, 0.3) is 0 Å². The molecule has 1 amide bonds. The van der Waals surface area contributed by atoms with Crippen LogP contribution in [0.2, 0.25) is 0 Å². The van der Waals surface area contributed by atoms with E-state index >= 15 is 0 Å². The highest BCUT2D eigenvalue weighted by Gasteiger charge is 2.23. The van der Waals surface area contributed by atoms with Crippen molar-refractivity contribution in [2.24, 2.45) is 5.73 Å². The Bertz CT molecular complexity index is 629. The van der Waals surface area contributed by atoms with Crippen LogP contribution < -0.4 is 5.73 Å². The molecule has 2 aromatic rings. The first kappa shape index (κ1) is 21.3. The minimum Gasteiger partial charge on any atom is -0.333 e. The fraction of sp³-hybridized carbons (Fsp3) is 0.462. The van der Waals surface area contributed by atoms with Crippen LogP contribution in [0.5, 0.6) is 0 Å². The Labute approximate surface area is 150 Å². The van der Waals surface area contributed by atoms with E-state index in [1.807, 2.05) is 20.8 Å². The maximum absolute atomic E-state index is 12.4. The molecule has 2 N–H and O–H groups in total. The molecule has 1 unspecified atom stereocenters. The molecule has 0 spiro atoms. The van der Waals surface area contributed by atoms with Gasteiger partial charge in [0.25, 0.3) is 5.91 Å². The zero-order valence-corrected chi connectivity index (χ0v) is 16.1. The van der Waals surface area contributed by atoms with Crippen LogP contribution in [0, 0.1) is 13.8 Å². The molecule has 1 atom stereocenters. The third-order valence-corrected chi connectivity index (χ3v) is 5.28. The number of nitrogens with two attached hydrogens (primary N) is 1. The predicted octanol–water partition coefficient (Wildman–Crippen LogP) is 3.35. The first-order valence-corrected chi connectivity index (χ1v) is 7.99. The van der Waals surface area contributed by atoms with Crippen molar-refractivity contribution in [1.82, 2.24) is 14.9 Å². The highest BCUT2D eigenvalue weighted by molar-refractivity contribution is 7.11. The minimum atomic E-state index is -0.0843. The lowest BCUT2D eigenvalue weighted by molar-refractivity contribution is 0.0739. The standard InChI is InChI=1S/C13H18N4OS2.2ClH/c1-7-12(20-9(3)15-7)8(2)17(4)13(18)10-6-19-11(5-14)16-10;;/h6,8H,5,14H2,1-4H3;2*1H. The van der Waals surface area contributed by atoms with Crippen molar-refractivity contribution >= 4 is 53.4 Å². The molecule has 0 aromatic carbocycles. The van der Waals surface area contributed by atoms with Crippen LogP contribution in [0.4, 0.5) is 0 Å². The molecular weight excluding hydrogens is 363 g/mol. The van der Waals surface area contributed by atoms with Gasteiger partial charge in [-0.1, -0.05) is 0 Å². The number of carbonyl (C=O) groups excluding carboxylic acids is 1. The van der Waals surface area contributed by atoms with Crippen LogP contribution in [-0.2, 0) is 6.54 Å². The van der Waals surface area contributed by atoms with E-state index in [-0.39, 0.29) is 36.8 Å². The lowest BCUT2D eigenvalue weighted by Gasteiger charge is -2.23. The molecule has 0 aliphatic heterocycles. The molecule has 22 heavy (non-hydrogen) atoms. The number of hydrogen-bond donors (Lipinski definition) is 1. The lowest BCUT2D eigenvalue weighted by Crippen LogP contribution is -2.29. The molecule has 2 aromatic heterocycles. The zero-order valence-electron chi connectivity index (χ0n) is 12.8. The van der Waals surface area contributed by atoms with E-state index in [4.69, 9.17) is 5.73 Å². The van der Waals surface area contributed by atoms with Crippen LogP contribution in [0.15, 0.2) is 5.38 Å². The molecule has 0 bridgehead atoms. The third kappa shape index (κ3) is 4.39. The van der Waals surface area contributed by atoms with E-state index in [0.29, 0.717) is 12.2 Å². The van der Waals surface area contributed by atoms with Gasteiger partial charge < -0.3 is 10.6 Å². The van der Waals surface area contributed by atoms with Crippen molar-refractivity contribution < 1.29 is 4.79 Å². The first-order valence-electron chi connectivity index (χ1n) is 6.29. The van der Waals surface area contributed by atoms with Crippen molar-refractivity contribution in [3.63, 3.8) is 0 Å². The van der Waals surface area contributed by atoms with Crippen LogP contribution in [0.1, 0.15) is 44.0 Å². The van der Waals surface area contributed by atoms with Gasteiger partial charge in [-0.15, -0.1) is 47.5 Å². The van der Waals surface area contributed by atoms with Gasteiger partial charge in [-0.3, -0.25) is 4.79 Å². The number of thiazole rings is 2. The van der Waals surface area contributed by atoms with E-state index in [0.717, 1.165) is 20.6 Å². The summed E-state index contributed by atoms with van der Waals surface area (Å²) in [5, 5.41) is 3.56. The van der Waals surface area contributed by atoms with Gasteiger partial charge in [-0.25, -0.2) is 9.97 Å². The predicted molar refractivity (Wildman–Crippen MR) is 96.6 cm³/mol. The fourth-order valence-electron chi connectivity index (χ4n) is 1.97. The summed E-state index contributed by atoms with van der Waals surface area (Å²) in [6, 6.07) is -0.0169. The third-order valence-electron chi connectivity index (χ3n) is 3.17. The summed E-state index contributed by atoms with van der Waals surface area (Å²) in [5.74, 6) is -0.0843. The molecule has 0 aliphatic rings. The monoisotopic (exact) mass is 382 g/mol. The average molecular weight is 383 g/mol. The number of aromatic nitrogens is 2. The molecule has 0 fully saturated rings. The van der Waals surface area contributed by atoms with Crippen LogP contribution in [0.3, 0.4) is 0 Å².